The van der Waals surface area contributed by atoms with Gasteiger partial charge in [0.2, 0.25) is 18.4 Å². The van der Waals surface area contributed by atoms with Gasteiger partial charge >= 0.3 is 29.8 Å². The summed E-state index contributed by atoms with van der Waals surface area (Å²) in [6, 6.07) is 5.20. The van der Waals surface area contributed by atoms with Gasteiger partial charge < -0.3 is 40.5 Å². The van der Waals surface area contributed by atoms with Gasteiger partial charge in [0.05, 0.1) is 35.4 Å². The molecule has 7 N–H and O–H groups in total. The van der Waals surface area contributed by atoms with E-state index < -0.39 is 54.8 Å². The Labute approximate surface area is 332 Å². The quantitative estimate of drug-likeness (QED) is 0.0291. The van der Waals surface area contributed by atoms with Gasteiger partial charge in [-0.3, -0.25) is 14.4 Å². The molecule has 57 heavy (non-hydrogen) atoms. The van der Waals surface area contributed by atoms with Crippen molar-refractivity contribution >= 4 is 42.0 Å². The Morgan fingerprint density at radius 3 is 1.49 bits per heavy atom. The fourth-order valence-electron chi connectivity index (χ4n) is 6.29. The highest BCUT2D eigenvalue weighted by atomic mass is 16.6. The number of aliphatic carboxylic acids is 2. The molecule has 2 fully saturated rings. The van der Waals surface area contributed by atoms with E-state index in [0.717, 1.165) is 83.1 Å². The third-order valence-corrected chi connectivity index (χ3v) is 9.67. The van der Waals surface area contributed by atoms with E-state index in [4.69, 9.17) is 35.4 Å². The smallest absolute Gasteiger partial charge is 0.335 e. The number of isocyanates is 2. The first-order chi connectivity index (χ1) is 27.0. The van der Waals surface area contributed by atoms with Crippen LogP contribution in [-0.4, -0.2) is 108 Å². The Morgan fingerprint density at radius 1 is 0.737 bits per heavy atom. The molecule has 3 rings (SSSR count). The fraction of sp³-hybridized carbons (Fsp3) is 0.675. The third-order valence-electron chi connectivity index (χ3n) is 9.67. The summed E-state index contributed by atoms with van der Waals surface area (Å²) in [5.74, 6) is -4.77. The number of rotatable bonds is 19. The summed E-state index contributed by atoms with van der Waals surface area (Å²) in [6.45, 7) is 2.40. The van der Waals surface area contributed by atoms with Gasteiger partial charge in [0.1, 0.15) is 5.41 Å². The number of hydrogen-bond donors (Lipinski definition) is 7. The standard InChI is InChI=1S/C15H22N2O2.C11H22O5.C8H6O4.C6H10O4/c18-12-16-14(7-3-1-4-8-14)11-15(17-13-19)9-5-2-6-10-15;1-3-4-5-6-9(14)16-10(15)11(2,7-12)8-13;9-7(10)5-2-1-3-6(4-5)8(11)12;7-5(8)3-1-2-4-6(9)10/h1-11H2;9,12-14H,3-8H2,1-2H3;1-4H,(H,9,10)(H,11,12);1-4H2,(H,7,8)(H,9,10). The van der Waals surface area contributed by atoms with Crippen molar-refractivity contribution in [3.8, 4) is 0 Å². The predicted molar refractivity (Wildman–Crippen MR) is 205 cm³/mol. The maximum absolute atomic E-state index is 11.5. The van der Waals surface area contributed by atoms with Crippen LogP contribution in [0.2, 0.25) is 0 Å². The summed E-state index contributed by atoms with van der Waals surface area (Å²) in [6.07, 6.45) is 17.8. The zero-order valence-electron chi connectivity index (χ0n) is 33.0. The van der Waals surface area contributed by atoms with Gasteiger partial charge in [0, 0.05) is 19.3 Å². The number of carbonyl (C=O) groups is 5. The van der Waals surface area contributed by atoms with E-state index in [2.05, 4.69) is 9.98 Å². The number of aliphatic imine (C=N–C) groups is 2. The number of aliphatic hydroxyl groups excluding tert-OH is 3. The Bertz CT molecular complexity index is 1400. The molecule has 17 heteroatoms. The molecule has 1 aromatic rings. The number of carboxylic acids is 4. The molecule has 320 valence electrons. The molecule has 0 bridgehead atoms. The van der Waals surface area contributed by atoms with Crippen molar-refractivity contribution < 1.29 is 74.0 Å². The van der Waals surface area contributed by atoms with Crippen molar-refractivity contribution in [2.45, 2.75) is 153 Å². The average molecular weight is 809 g/mol. The minimum absolute atomic E-state index is 0.0186. The fourth-order valence-corrected chi connectivity index (χ4v) is 6.29. The van der Waals surface area contributed by atoms with Crippen molar-refractivity contribution in [2.75, 3.05) is 13.2 Å². The lowest BCUT2D eigenvalue weighted by atomic mass is 9.69. The Morgan fingerprint density at radius 2 is 1.16 bits per heavy atom. The van der Waals surface area contributed by atoms with Crippen LogP contribution in [0.3, 0.4) is 0 Å². The molecule has 17 nitrogen and oxygen atoms in total. The predicted octanol–water partition coefficient (Wildman–Crippen LogP) is 5.67. The highest BCUT2D eigenvalue weighted by Crippen LogP contribution is 2.44. The third kappa shape index (κ3) is 21.9. The molecule has 0 saturated heterocycles. The van der Waals surface area contributed by atoms with E-state index in [1.807, 2.05) is 6.92 Å². The van der Waals surface area contributed by atoms with Crippen LogP contribution in [0.5, 0.6) is 0 Å². The molecule has 0 heterocycles. The maximum atomic E-state index is 11.5. The van der Waals surface area contributed by atoms with E-state index in [1.165, 1.54) is 38.0 Å². The van der Waals surface area contributed by atoms with Crippen LogP contribution in [0, 0.1) is 5.41 Å². The summed E-state index contributed by atoms with van der Waals surface area (Å²) in [5.41, 5.74) is -2.02. The van der Waals surface area contributed by atoms with Crippen LogP contribution in [0.15, 0.2) is 34.3 Å². The van der Waals surface area contributed by atoms with Crippen LogP contribution in [0.25, 0.3) is 0 Å². The van der Waals surface area contributed by atoms with Gasteiger partial charge in [-0.1, -0.05) is 64.4 Å². The number of esters is 1. The van der Waals surface area contributed by atoms with Gasteiger partial charge in [0.15, 0.2) is 0 Å². The highest BCUT2D eigenvalue weighted by Gasteiger charge is 2.43. The zero-order chi connectivity index (χ0) is 43.3. The summed E-state index contributed by atoms with van der Waals surface area (Å²) < 4.78 is 4.74. The van der Waals surface area contributed by atoms with E-state index in [1.54, 1.807) is 12.2 Å². The van der Waals surface area contributed by atoms with E-state index in [0.29, 0.717) is 19.3 Å². The van der Waals surface area contributed by atoms with Crippen LogP contribution in [0.1, 0.15) is 157 Å². The lowest BCUT2D eigenvalue weighted by Gasteiger charge is -2.41. The number of aliphatic hydroxyl groups is 3. The van der Waals surface area contributed by atoms with Gasteiger partial charge in [-0.15, -0.1) is 0 Å². The molecular weight excluding hydrogens is 748 g/mol. The second-order valence-corrected chi connectivity index (χ2v) is 14.6. The van der Waals surface area contributed by atoms with Crippen molar-refractivity contribution in [3.63, 3.8) is 0 Å². The van der Waals surface area contributed by atoms with Crippen molar-refractivity contribution in [2.24, 2.45) is 15.4 Å². The largest absolute Gasteiger partial charge is 0.481 e. The summed E-state index contributed by atoms with van der Waals surface area (Å²) in [4.78, 5) is 81.9. The molecule has 1 unspecified atom stereocenters. The van der Waals surface area contributed by atoms with Crippen molar-refractivity contribution in [3.05, 3.63) is 35.4 Å². The highest BCUT2D eigenvalue weighted by molar-refractivity contribution is 5.93. The summed E-state index contributed by atoms with van der Waals surface area (Å²) in [5, 5.41) is 60.5. The minimum Gasteiger partial charge on any atom is -0.481 e. The summed E-state index contributed by atoms with van der Waals surface area (Å²) in [7, 11) is 0. The van der Waals surface area contributed by atoms with Crippen LogP contribution < -0.4 is 0 Å². The molecule has 0 aliphatic heterocycles. The number of unbranched alkanes of at least 4 members (excludes halogenated alkanes) is 3. The second kappa shape index (κ2) is 28.6. The lowest BCUT2D eigenvalue weighted by molar-refractivity contribution is -0.184. The van der Waals surface area contributed by atoms with E-state index >= 15 is 0 Å². The Balaban J connectivity index is 0.000000756. The van der Waals surface area contributed by atoms with Gasteiger partial charge in [-0.2, -0.15) is 9.98 Å². The molecular formula is C40H60N2O15. The number of ether oxygens (including phenoxy) is 1. The zero-order valence-corrected chi connectivity index (χ0v) is 33.0. The topological polar surface area (TPSA) is 295 Å². The molecule has 1 atom stereocenters. The van der Waals surface area contributed by atoms with Crippen molar-refractivity contribution in [1.29, 1.82) is 0 Å². The van der Waals surface area contributed by atoms with Gasteiger partial charge in [-0.05, 0) is 76.5 Å². The number of aromatic carboxylic acids is 2. The molecule has 0 radical (unpaired) electrons. The van der Waals surface area contributed by atoms with Crippen LogP contribution in [0.4, 0.5) is 0 Å². The average Bonchev–Trinajstić information content (AvgIpc) is 3.17. The van der Waals surface area contributed by atoms with Crippen LogP contribution in [-0.2, 0) is 28.7 Å². The lowest BCUT2D eigenvalue weighted by Crippen LogP contribution is -2.41. The normalized spacial score (nSPS) is 15.7. The number of carbonyl (C=O) groups excluding carboxylic acids is 3. The monoisotopic (exact) mass is 808 g/mol. The van der Waals surface area contributed by atoms with Crippen molar-refractivity contribution in [1.82, 2.24) is 0 Å². The van der Waals surface area contributed by atoms with E-state index in [9.17, 15) is 38.7 Å². The first-order valence-corrected chi connectivity index (χ1v) is 19.3. The number of benzene rings is 1. The Kier molecular flexibility index (Phi) is 26.2. The summed E-state index contributed by atoms with van der Waals surface area (Å²) >= 11 is 0. The molecule has 2 aliphatic rings. The first-order valence-electron chi connectivity index (χ1n) is 19.3. The number of carboxylic acid groups (broad SMARTS) is 4. The molecule has 1 aromatic carbocycles. The van der Waals surface area contributed by atoms with Crippen LogP contribution >= 0.6 is 0 Å². The van der Waals surface area contributed by atoms with Gasteiger partial charge in [0.25, 0.3) is 0 Å². The van der Waals surface area contributed by atoms with E-state index in [-0.39, 0.29) is 35.0 Å². The first kappa shape index (κ1) is 52.2. The minimum atomic E-state index is -1.34. The molecule has 0 aromatic heterocycles. The molecule has 0 amide bonds. The SMILES string of the molecule is CCCCCC(O)OC(=O)C(C)(CO)CO.O=C(O)CCCCC(=O)O.O=C(O)c1cccc(C(=O)O)c1.O=C=NC1(CC2(N=C=O)CCCCC2)CCCCC1. The molecule has 2 aliphatic carbocycles. The molecule has 0 spiro atoms. The Hall–Kier alpha value is -4.79. The van der Waals surface area contributed by atoms with Gasteiger partial charge in [-0.25, -0.2) is 19.2 Å². The maximum Gasteiger partial charge on any atom is 0.335 e. The number of hydrogen-bond acceptors (Lipinski definition) is 13. The number of nitrogens with zero attached hydrogens (tertiary/aromatic N) is 2. The second-order valence-electron chi connectivity index (χ2n) is 14.6. The molecule has 2 saturated carbocycles.